The van der Waals surface area contributed by atoms with Crippen LogP contribution in [-0.4, -0.2) is 55.5 Å². The van der Waals surface area contributed by atoms with Crippen LogP contribution in [0.4, 0.5) is 4.79 Å². The molecule has 0 saturated carbocycles. The van der Waals surface area contributed by atoms with Gasteiger partial charge in [0, 0.05) is 32.7 Å². The molecule has 1 aromatic rings. The summed E-state index contributed by atoms with van der Waals surface area (Å²) in [6.07, 6.45) is 1.81. The summed E-state index contributed by atoms with van der Waals surface area (Å²) in [6.45, 7) is 2.15. The summed E-state index contributed by atoms with van der Waals surface area (Å²) in [7, 11) is 0. The third-order valence-electron chi connectivity index (χ3n) is 4.41. The molecule has 2 atom stereocenters. The molecule has 26 heavy (non-hydrogen) atoms. The number of hydrogen-bond acceptors (Lipinski definition) is 6. The standard InChI is InChI=1S/C18H25N3O5/c22-17(20-26-16-8-4-5-11-24-16)15-12-19-9-10-21(15)18(23)25-13-14-6-2-1-3-7-14/h1-3,6-7,15-16,19H,4-5,8-13H2,(H,20,22)/t15-,16?/m1/s1. The lowest BCUT2D eigenvalue weighted by atomic mass is 10.2. The maximum atomic E-state index is 12.4. The second-order valence-electron chi connectivity index (χ2n) is 6.33. The van der Waals surface area contributed by atoms with Gasteiger partial charge in [0.25, 0.3) is 5.91 Å². The number of hydrogen-bond donors (Lipinski definition) is 2. The Hall–Kier alpha value is -2.16. The van der Waals surface area contributed by atoms with Crippen molar-refractivity contribution >= 4 is 12.0 Å². The van der Waals surface area contributed by atoms with Crippen molar-refractivity contribution in [1.82, 2.24) is 15.7 Å². The number of amides is 2. The zero-order valence-electron chi connectivity index (χ0n) is 14.7. The molecule has 2 amide bonds. The van der Waals surface area contributed by atoms with E-state index in [4.69, 9.17) is 14.3 Å². The topological polar surface area (TPSA) is 89.1 Å². The minimum Gasteiger partial charge on any atom is -0.445 e. The van der Waals surface area contributed by atoms with E-state index in [0.717, 1.165) is 24.8 Å². The van der Waals surface area contributed by atoms with Gasteiger partial charge in [0.05, 0.1) is 0 Å². The molecule has 2 saturated heterocycles. The highest BCUT2D eigenvalue weighted by molar-refractivity contribution is 5.85. The molecule has 1 aromatic carbocycles. The first kappa shape index (κ1) is 18.6. The van der Waals surface area contributed by atoms with Crippen LogP contribution in [0.2, 0.25) is 0 Å². The highest BCUT2D eigenvalue weighted by Gasteiger charge is 2.33. The maximum absolute atomic E-state index is 12.4. The van der Waals surface area contributed by atoms with Crippen LogP contribution in [0.1, 0.15) is 24.8 Å². The Balaban J connectivity index is 1.50. The SMILES string of the molecule is O=C(NOC1CCCCO1)[C@H]1CNCCN1C(=O)OCc1ccccc1. The third kappa shape index (κ3) is 5.17. The Kier molecular flexibility index (Phi) is 6.82. The molecule has 0 bridgehead atoms. The van der Waals surface area contributed by atoms with Crippen LogP contribution >= 0.6 is 0 Å². The van der Waals surface area contributed by atoms with Crippen LogP contribution in [0.3, 0.4) is 0 Å². The van der Waals surface area contributed by atoms with Crippen LogP contribution in [0.25, 0.3) is 0 Å². The van der Waals surface area contributed by atoms with E-state index < -0.39 is 18.4 Å². The molecule has 142 valence electrons. The molecule has 0 spiro atoms. The van der Waals surface area contributed by atoms with Crippen molar-refractivity contribution in [2.24, 2.45) is 0 Å². The van der Waals surface area contributed by atoms with Crippen LogP contribution in [-0.2, 0) is 25.7 Å². The van der Waals surface area contributed by atoms with Gasteiger partial charge in [-0.05, 0) is 18.4 Å². The van der Waals surface area contributed by atoms with Crippen molar-refractivity contribution in [2.45, 2.75) is 38.2 Å². The Morgan fingerprint density at radius 2 is 2.12 bits per heavy atom. The number of benzene rings is 1. The van der Waals surface area contributed by atoms with Gasteiger partial charge in [-0.2, -0.15) is 0 Å². The van der Waals surface area contributed by atoms with Crippen molar-refractivity contribution in [3.05, 3.63) is 35.9 Å². The average Bonchev–Trinajstić information content (AvgIpc) is 2.72. The van der Waals surface area contributed by atoms with Crippen LogP contribution in [0.15, 0.2) is 30.3 Å². The lowest BCUT2D eigenvalue weighted by Gasteiger charge is -2.34. The van der Waals surface area contributed by atoms with E-state index in [1.807, 2.05) is 30.3 Å². The van der Waals surface area contributed by atoms with E-state index in [2.05, 4.69) is 10.8 Å². The van der Waals surface area contributed by atoms with Crippen molar-refractivity contribution in [1.29, 1.82) is 0 Å². The Labute approximate surface area is 152 Å². The molecule has 1 unspecified atom stereocenters. The second kappa shape index (κ2) is 9.51. The number of carbonyl (C=O) groups excluding carboxylic acids is 2. The molecule has 8 nitrogen and oxygen atoms in total. The summed E-state index contributed by atoms with van der Waals surface area (Å²) in [5.41, 5.74) is 3.33. The van der Waals surface area contributed by atoms with Crippen molar-refractivity contribution in [2.75, 3.05) is 26.2 Å². The molecular formula is C18H25N3O5. The van der Waals surface area contributed by atoms with Crippen LogP contribution in [0, 0.1) is 0 Å². The van der Waals surface area contributed by atoms with Gasteiger partial charge in [-0.3, -0.25) is 9.69 Å². The number of nitrogens with one attached hydrogen (secondary N) is 2. The second-order valence-corrected chi connectivity index (χ2v) is 6.33. The molecule has 2 aliphatic heterocycles. The number of ether oxygens (including phenoxy) is 2. The summed E-state index contributed by atoms with van der Waals surface area (Å²) in [5.74, 6) is -0.386. The molecule has 8 heteroatoms. The van der Waals surface area contributed by atoms with Gasteiger partial charge in [-0.15, -0.1) is 0 Å². The predicted molar refractivity (Wildman–Crippen MR) is 92.8 cm³/mol. The highest BCUT2D eigenvalue weighted by atomic mass is 16.8. The minimum atomic E-state index is -0.685. The fourth-order valence-electron chi connectivity index (χ4n) is 2.96. The predicted octanol–water partition coefficient (Wildman–Crippen LogP) is 1.17. The highest BCUT2D eigenvalue weighted by Crippen LogP contribution is 2.13. The number of carbonyl (C=O) groups is 2. The molecule has 0 radical (unpaired) electrons. The number of piperazine rings is 1. The fourth-order valence-corrected chi connectivity index (χ4v) is 2.96. The number of rotatable bonds is 5. The Morgan fingerprint density at radius 1 is 1.27 bits per heavy atom. The minimum absolute atomic E-state index is 0.171. The van der Waals surface area contributed by atoms with Gasteiger partial charge in [0.2, 0.25) is 0 Å². The maximum Gasteiger partial charge on any atom is 0.410 e. The van der Waals surface area contributed by atoms with E-state index in [1.165, 1.54) is 4.90 Å². The van der Waals surface area contributed by atoms with Gasteiger partial charge < -0.3 is 14.8 Å². The number of nitrogens with zero attached hydrogens (tertiary/aromatic N) is 1. The summed E-state index contributed by atoms with van der Waals surface area (Å²) in [4.78, 5) is 31.6. The van der Waals surface area contributed by atoms with Crippen LogP contribution < -0.4 is 10.8 Å². The van der Waals surface area contributed by atoms with E-state index in [1.54, 1.807) is 0 Å². The van der Waals surface area contributed by atoms with E-state index in [-0.39, 0.29) is 12.5 Å². The molecule has 2 fully saturated rings. The molecule has 2 heterocycles. The first-order chi connectivity index (χ1) is 12.7. The quantitative estimate of drug-likeness (QED) is 0.764. The van der Waals surface area contributed by atoms with Crippen molar-refractivity contribution in [3.8, 4) is 0 Å². The molecule has 0 aromatic heterocycles. The Morgan fingerprint density at radius 3 is 2.88 bits per heavy atom. The van der Waals surface area contributed by atoms with Crippen molar-refractivity contribution in [3.63, 3.8) is 0 Å². The largest absolute Gasteiger partial charge is 0.445 e. The average molecular weight is 363 g/mol. The van der Waals surface area contributed by atoms with Crippen molar-refractivity contribution < 1.29 is 23.9 Å². The Bertz CT molecular complexity index is 592. The molecule has 2 aliphatic rings. The van der Waals surface area contributed by atoms with E-state index in [0.29, 0.717) is 26.2 Å². The lowest BCUT2D eigenvalue weighted by Crippen LogP contribution is -2.59. The van der Waals surface area contributed by atoms with E-state index >= 15 is 0 Å². The summed E-state index contributed by atoms with van der Waals surface area (Å²) in [5, 5.41) is 3.12. The first-order valence-electron chi connectivity index (χ1n) is 8.99. The van der Waals surface area contributed by atoms with Gasteiger partial charge in [-0.25, -0.2) is 15.1 Å². The van der Waals surface area contributed by atoms with Gasteiger partial charge in [0.1, 0.15) is 12.6 Å². The summed E-state index contributed by atoms with van der Waals surface area (Å²) < 4.78 is 10.8. The normalized spacial score (nSPS) is 23.3. The molecule has 2 N–H and O–H groups in total. The fraction of sp³-hybridized carbons (Fsp3) is 0.556. The van der Waals surface area contributed by atoms with Gasteiger partial charge >= 0.3 is 6.09 Å². The smallest absolute Gasteiger partial charge is 0.410 e. The molecular weight excluding hydrogens is 338 g/mol. The van der Waals surface area contributed by atoms with Gasteiger partial charge in [-0.1, -0.05) is 30.3 Å². The van der Waals surface area contributed by atoms with Crippen LogP contribution in [0.5, 0.6) is 0 Å². The molecule has 3 rings (SSSR count). The monoisotopic (exact) mass is 363 g/mol. The zero-order valence-corrected chi connectivity index (χ0v) is 14.7. The summed E-state index contributed by atoms with van der Waals surface area (Å²) >= 11 is 0. The lowest BCUT2D eigenvalue weighted by molar-refractivity contribution is -0.202. The molecule has 0 aliphatic carbocycles. The number of hydroxylamine groups is 1. The third-order valence-corrected chi connectivity index (χ3v) is 4.41. The van der Waals surface area contributed by atoms with E-state index in [9.17, 15) is 9.59 Å². The first-order valence-corrected chi connectivity index (χ1v) is 8.99. The summed E-state index contributed by atoms with van der Waals surface area (Å²) in [6, 6.07) is 8.75. The van der Waals surface area contributed by atoms with Gasteiger partial charge in [0.15, 0.2) is 6.29 Å². The zero-order chi connectivity index (χ0) is 18.2.